The average Bonchev–Trinajstić information content (AvgIpc) is 3.43. The molecule has 28 heavy (non-hydrogen) atoms. The Morgan fingerprint density at radius 3 is 2.61 bits per heavy atom. The molecule has 1 saturated carbocycles. The summed E-state index contributed by atoms with van der Waals surface area (Å²) < 4.78 is 29.1. The van der Waals surface area contributed by atoms with E-state index in [1.807, 2.05) is 11.6 Å². The van der Waals surface area contributed by atoms with E-state index < -0.39 is 11.6 Å². The molecule has 0 unspecified atom stereocenters. The van der Waals surface area contributed by atoms with Crippen molar-refractivity contribution >= 4 is 18.3 Å². The molecule has 2 aromatic rings. The molecule has 1 aliphatic carbocycles. The lowest BCUT2D eigenvalue weighted by molar-refractivity contribution is 0.0721. The van der Waals surface area contributed by atoms with Gasteiger partial charge in [-0.2, -0.15) is 0 Å². The van der Waals surface area contributed by atoms with E-state index in [1.165, 1.54) is 12.1 Å². The molecule has 6 nitrogen and oxygen atoms in total. The van der Waals surface area contributed by atoms with Crippen LogP contribution in [-0.4, -0.2) is 44.9 Å². The monoisotopic (exact) mass is 411 g/mol. The summed E-state index contributed by atoms with van der Waals surface area (Å²) in [6.45, 7) is 3.81. The van der Waals surface area contributed by atoms with Crippen molar-refractivity contribution in [3.05, 3.63) is 46.8 Å². The minimum atomic E-state index is -0.636. The molecule has 1 N–H and O–H groups in total. The van der Waals surface area contributed by atoms with Crippen molar-refractivity contribution in [2.24, 2.45) is 0 Å². The summed E-state index contributed by atoms with van der Waals surface area (Å²) in [5.41, 5.74) is 1.38. The van der Waals surface area contributed by atoms with Crippen LogP contribution in [0.5, 0.6) is 0 Å². The standard InChI is InChI=1S/C19H23F2N5O.ClH/c1-12-18(23-24-26(12)16-6-8-22-9-7-16)19(27)25(15-4-5-15)11-13-2-3-14(20)10-17(13)21;/h2-3,10,15-16,22H,4-9,11H2,1H3;1H. The second-order valence-electron chi connectivity index (χ2n) is 7.35. The van der Waals surface area contributed by atoms with Crippen molar-refractivity contribution < 1.29 is 13.6 Å². The third-order valence-electron chi connectivity index (χ3n) is 5.39. The molecule has 1 aromatic carbocycles. The van der Waals surface area contributed by atoms with E-state index >= 15 is 0 Å². The highest BCUT2D eigenvalue weighted by atomic mass is 35.5. The molecule has 4 rings (SSSR count). The molecule has 0 bridgehead atoms. The van der Waals surface area contributed by atoms with Gasteiger partial charge in [0.15, 0.2) is 5.69 Å². The van der Waals surface area contributed by atoms with E-state index in [9.17, 15) is 13.6 Å². The van der Waals surface area contributed by atoms with Crippen LogP contribution in [0.1, 0.15) is 53.5 Å². The van der Waals surface area contributed by atoms with E-state index in [0.29, 0.717) is 11.3 Å². The Bertz CT molecular complexity index is 849. The molecule has 0 spiro atoms. The SMILES string of the molecule is Cc1c(C(=O)N(Cc2ccc(F)cc2F)C2CC2)nnn1C1CCNCC1.Cl. The number of amides is 1. The number of hydrogen-bond donors (Lipinski definition) is 1. The van der Waals surface area contributed by atoms with Crippen LogP contribution in [0.3, 0.4) is 0 Å². The number of nitrogens with zero attached hydrogens (tertiary/aromatic N) is 4. The Morgan fingerprint density at radius 1 is 1.25 bits per heavy atom. The van der Waals surface area contributed by atoms with Crippen LogP contribution in [0.2, 0.25) is 0 Å². The second kappa shape index (κ2) is 8.53. The predicted molar refractivity (Wildman–Crippen MR) is 102 cm³/mol. The third kappa shape index (κ3) is 4.17. The number of rotatable bonds is 5. The first-order valence-electron chi connectivity index (χ1n) is 9.42. The maximum atomic E-state index is 14.1. The number of benzene rings is 1. The summed E-state index contributed by atoms with van der Waals surface area (Å²) in [4.78, 5) is 14.8. The molecular formula is C19H24ClF2N5O. The van der Waals surface area contributed by atoms with Gasteiger partial charge in [-0.3, -0.25) is 4.79 Å². The topological polar surface area (TPSA) is 63.1 Å². The minimum Gasteiger partial charge on any atom is -0.330 e. The summed E-state index contributed by atoms with van der Waals surface area (Å²) >= 11 is 0. The fourth-order valence-corrected chi connectivity index (χ4v) is 3.66. The van der Waals surface area contributed by atoms with Gasteiger partial charge in [-0.05, 0) is 51.8 Å². The molecular weight excluding hydrogens is 388 g/mol. The molecule has 0 atom stereocenters. The van der Waals surface area contributed by atoms with Crippen LogP contribution in [0.25, 0.3) is 0 Å². The van der Waals surface area contributed by atoms with Gasteiger partial charge in [0.25, 0.3) is 5.91 Å². The fraction of sp³-hybridized carbons (Fsp3) is 0.526. The van der Waals surface area contributed by atoms with Gasteiger partial charge in [-0.1, -0.05) is 11.3 Å². The lowest BCUT2D eigenvalue weighted by Gasteiger charge is -2.24. The smallest absolute Gasteiger partial charge is 0.276 e. The average molecular weight is 412 g/mol. The molecule has 9 heteroatoms. The Morgan fingerprint density at radius 2 is 1.96 bits per heavy atom. The van der Waals surface area contributed by atoms with Crippen LogP contribution in [0.15, 0.2) is 18.2 Å². The lowest BCUT2D eigenvalue weighted by atomic mass is 10.1. The van der Waals surface area contributed by atoms with E-state index in [1.54, 1.807) is 4.90 Å². The first-order valence-corrected chi connectivity index (χ1v) is 9.42. The highest BCUT2D eigenvalue weighted by Crippen LogP contribution is 2.31. The molecule has 0 radical (unpaired) electrons. The van der Waals surface area contributed by atoms with Gasteiger partial charge in [-0.25, -0.2) is 13.5 Å². The zero-order valence-electron chi connectivity index (χ0n) is 15.7. The zero-order chi connectivity index (χ0) is 19.0. The van der Waals surface area contributed by atoms with E-state index in [2.05, 4.69) is 15.6 Å². The highest BCUT2D eigenvalue weighted by molar-refractivity contribution is 5.93. The maximum Gasteiger partial charge on any atom is 0.276 e. The molecule has 2 heterocycles. The first kappa shape index (κ1) is 20.7. The third-order valence-corrected chi connectivity index (χ3v) is 5.39. The van der Waals surface area contributed by atoms with Crippen LogP contribution >= 0.6 is 12.4 Å². The van der Waals surface area contributed by atoms with Crippen molar-refractivity contribution in [1.29, 1.82) is 0 Å². The Hall–Kier alpha value is -2.06. The number of carbonyl (C=O) groups excluding carboxylic acids is 1. The van der Waals surface area contributed by atoms with Crippen LogP contribution < -0.4 is 5.32 Å². The van der Waals surface area contributed by atoms with Gasteiger partial charge in [0.1, 0.15) is 11.6 Å². The molecule has 1 aromatic heterocycles. The highest BCUT2D eigenvalue weighted by Gasteiger charge is 2.36. The summed E-state index contributed by atoms with van der Waals surface area (Å²) in [6.07, 6.45) is 3.67. The van der Waals surface area contributed by atoms with E-state index in [0.717, 1.165) is 50.5 Å². The summed E-state index contributed by atoms with van der Waals surface area (Å²) in [5, 5.41) is 11.7. The quantitative estimate of drug-likeness (QED) is 0.821. The van der Waals surface area contributed by atoms with E-state index in [4.69, 9.17) is 0 Å². The molecule has 1 saturated heterocycles. The summed E-state index contributed by atoms with van der Waals surface area (Å²) in [5.74, 6) is -1.50. The zero-order valence-corrected chi connectivity index (χ0v) is 16.5. The van der Waals surface area contributed by atoms with Crippen molar-refractivity contribution in [3.63, 3.8) is 0 Å². The van der Waals surface area contributed by atoms with Gasteiger partial charge in [-0.15, -0.1) is 17.5 Å². The molecule has 2 aliphatic rings. The molecule has 152 valence electrons. The van der Waals surface area contributed by atoms with Crippen molar-refractivity contribution in [2.45, 2.75) is 51.2 Å². The van der Waals surface area contributed by atoms with Crippen molar-refractivity contribution in [1.82, 2.24) is 25.2 Å². The predicted octanol–water partition coefficient (Wildman–Crippen LogP) is 3.02. The van der Waals surface area contributed by atoms with Crippen LogP contribution in [0, 0.1) is 18.6 Å². The summed E-state index contributed by atoms with van der Waals surface area (Å²) in [6, 6.07) is 3.77. The number of piperidine rings is 1. The van der Waals surface area contributed by atoms with E-state index in [-0.39, 0.29) is 36.9 Å². The van der Waals surface area contributed by atoms with Gasteiger partial charge >= 0.3 is 0 Å². The number of halogens is 3. The fourth-order valence-electron chi connectivity index (χ4n) is 3.66. The van der Waals surface area contributed by atoms with Crippen molar-refractivity contribution in [2.75, 3.05) is 13.1 Å². The van der Waals surface area contributed by atoms with Gasteiger partial charge in [0, 0.05) is 24.2 Å². The number of nitrogens with one attached hydrogen (secondary N) is 1. The molecule has 2 fully saturated rings. The number of carbonyl (C=O) groups is 1. The Kier molecular flexibility index (Phi) is 6.30. The van der Waals surface area contributed by atoms with Gasteiger partial charge in [0.05, 0.1) is 11.7 Å². The minimum absolute atomic E-state index is 0. The second-order valence-corrected chi connectivity index (χ2v) is 7.35. The van der Waals surface area contributed by atoms with Crippen LogP contribution in [0.4, 0.5) is 8.78 Å². The van der Waals surface area contributed by atoms with Crippen LogP contribution in [-0.2, 0) is 6.54 Å². The lowest BCUT2D eigenvalue weighted by Crippen LogP contribution is -2.34. The number of aromatic nitrogens is 3. The number of hydrogen-bond acceptors (Lipinski definition) is 4. The maximum absolute atomic E-state index is 14.1. The van der Waals surface area contributed by atoms with Gasteiger partial charge in [0.2, 0.25) is 0 Å². The largest absolute Gasteiger partial charge is 0.330 e. The Labute approximate surface area is 168 Å². The van der Waals surface area contributed by atoms with Gasteiger partial charge < -0.3 is 10.2 Å². The first-order chi connectivity index (χ1) is 13.0. The molecule has 1 amide bonds. The van der Waals surface area contributed by atoms with Crippen molar-refractivity contribution in [3.8, 4) is 0 Å². The normalized spacial score (nSPS) is 17.2. The molecule has 1 aliphatic heterocycles. The summed E-state index contributed by atoms with van der Waals surface area (Å²) in [7, 11) is 0. The Balaban J connectivity index is 0.00000225.